The molecule has 2 aliphatic rings. The first-order valence-corrected chi connectivity index (χ1v) is 9.50. The average Bonchev–Trinajstić information content (AvgIpc) is 3.39. The van der Waals surface area contributed by atoms with Crippen molar-refractivity contribution in [2.75, 3.05) is 19.6 Å². The third-order valence-corrected chi connectivity index (χ3v) is 5.75. The number of nitrogens with one attached hydrogen (secondary N) is 3. The normalized spacial score (nSPS) is 26.2. The van der Waals surface area contributed by atoms with Crippen LogP contribution in [-0.4, -0.2) is 51.7 Å². The average molecular weight is 354 g/mol. The van der Waals surface area contributed by atoms with Gasteiger partial charge in [-0.2, -0.15) is 5.10 Å². The van der Waals surface area contributed by atoms with Gasteiger partial charge in [-0.3, -0.25) is 20.7 Å². The summed E-state index contributed by atoms with van der Waals surface area (Å²) in [5.74, 6) is 1.84. The summed E-state index contributed by atoms with van der Waals surface area (Å²) in [6.45, 7) is 4.88. The number of aromatic nitrogens is 3. The Balaban J connectivity index is 1.54. The smallest absolute Gasteiger partial charge is 0.254 e. The molecule has 4 rings (SSSR count). The highest BCUT2D eigenvalue weighted by Crippen LogP contribution is 2.29. The number of amides is 1. The lowest BCUT2D eigenvalue weighted by molar-refractivity contribution is 0.0635. The lowest BCUT2D eigenvalue weighted by Crippen LogP contribution is -2.48. The predicted molar refractivity (Wildman–Crippen MR) is 99.2 cm³/mol. The minimum absolute atomic E-state index is 0.0840. The number of nitrogens with zero attached hydrogens (tertiary/aromatic N) is 3. The molecule has 3 unspecified atom stereocenters. The molecule has 2 fully saturated rings. The van der Waals surface area contributed by atoms with Crippen molar-refractivity contribution in [1.82, 2.24) is 30.9 Å². The molecule has 0 bridgehead atoms. The zero-order valence-corrected chi connectivity index (χ0v) is 15.1. The van der Waals surface area contributed by atoms with Crippen LogP contribution in [0.5, 0.6) is 0 Å². The first-order valence-electron chi connectivity index (χ1n) is 9.50. The highest BCUT2D eigenvalue weighted by molar-refractivity contribution is 6.00. The van der Waals surface area contributed by atoms with E-state index in [0.29, 0.717) is 29.3 Å². The maximum absolute atomic E-state index is 13.3. The topological polar surface area (TPSA) is 85.9 Å². The van der Waals surface area contributed by atoms with Crippen molar-refractivity contribution in [2.24, 2.45) is 11.8 Å². The van der Waals surface area contributed by atoms with E-state index in [1.54, 1.807) is 0 Å². The zero-order valence-electron chi connectivity index (χ0n) is 15.1. The van der Waals surface area contributed by atoms with E-state index in [2.05, 4.69) is 33.0 Å². The lowest BCUT2D eigenvalue weighted by Gasteiger charge is -2.37. The van der Waals surface area contributed by atoms with Crippen molar-refractivity contribution in [1.29, 1.82) is 0 Å². The van der Waals surface area contributed by atoms with Crippen LogP contribution >= 0.6 is 0 Å². The first-order chi connectivity index (χ1) is 12.8. The number of hydrogen-bond donors (Lipinski definition) is 3. The van der Waals surface area contributed by atoms with Gasteiger partial charge in [-0.05, 0) is 30.7 Å². The molecule has 7 heteroatoms. The largest absolute Gasteiger partial charge is 0.338 e. The molecule has 2 aromatic rings. The number of rotatable bonds is 4. The monoisotopic (exact) mass is 354 g/mol. The molecule has 26 heavy (non-hydrogen) atoms. The molecule has 1 aromatic carbocycles. The molecule has 1 aromatic heterocycles. The molecule has 7 nitrogen and oxygen atoms in total. The van der Waals surface area contributed by atoms with Crippen LogP contribution in [0.3, 0.4) is 0 Å². The molecular formula is C19H26N6O. The van der Waals surface area contributed by atoms with Crippen molar-refractivity contribution in [3.63, 3.8) is 0 Å². The minimum atomic E-state index is 0.0840. The van der Waals surface area contributed by atoms with Gasteiger partial charge < -0.3 is 4.90 Å². The third kappa shape index (κ3) is 3.24. The second-order valence-corrected chi connectivity index (χ2v) is 7.25. The lowest BCUT2D eigenvalue weighted by atomic mass is 9.83. The molecule has 2 aliphatic heterocycles. The molecule has 0 saturated carbocycles. The van der Waals surface area contributed by atoms with Gasteiger partial charge in [0.2, 0.25) is 0 Å². The standard InChI is InChI=1S/C19H26N6O/c1-2-13-10-21-23-17(13)14-6-5-9-25(11-14)19(26)16-8-4-3-7-15(16)18-20-12-22-24-18/h3-4,7-8,12-14,17,21,23H,2,5-6,9-11H2,1H3,(H,20,22,24). The Kier molecular flexibility index (Phi) is 4.99. The van der Waals surface area contributed by atoms with Gasteiger partial charge in [-0.15, -0.1) is 0 Å². The van der Waals surface area contributed by atoms with Crippen molar-refractivity contribution in [3.8, 4) is 11.4 Å². The number of carbonyl (C=O) groups excluding carboxylic acids is 1. The van der Waals surface area contributed by atoms with E-state index >= 15 is 0 Å². The highest BCUT2D eigenvalue weighted by Gasteiger charge is 2.36. The second-order valence-electron chi connectivity index (χ2n) is 7.25. The maximum atomic E-state index is 13.3. The fraction of sp³-hybridized carbons (Fsp3) is 0.526. The van der Waals surface area contributed by atoms with Gasteiger partial charge in [0.05, 0.1) is 5.56 Å². The van der Waals surface area contributed by atoms with Crippen molar-refractivity contribution < 1.29 is 4.79 Å². The Labute approximate surface area is 153 Å². The summed E-state index contributed by atoms with van der Waals surface area (Å²) in [6, 6.07) is 8.08. The van der Waals surface area contributed by atoms with E-state index in [1.165, 1.54) is 12.7 Å². The van der Waals surface area contributed by atoms with Crippen LogP contribution in [0.25, 0.3) is 11.4 Å². The number of piperidine rings is 1. The van der Waals surface area contributed by atoms with Gasteiger partial charge in [-0.25, -0.2) is 4.98 Å². The van der Waals surface area contributed by atoms with E-state index in [9.17, 15) is 4.79 Å². The van der Waals surface area contributed by atoms with E-state index in [0.717, 1.165) is 38.0 Å². The second kappa shape index (κ2) is 7.55. The molecule has 3 atom stereocenters. The molecule has 0 spiro atoms. The van der Waals surface area contributed by atoms with Gasteiger partial charge in [0.1, 0.15) is 6.33 Å². The number of benzene rings is 1. The summed E-state index contributed by atoms with van der Waals surface area (Å²) >= 11 is 0. The van der Waals surface area contributed by atoms with Gasteiger partial charge in [0.25, 0.3) is 5.91 Å². The quantitative estimate of drug-likeness (QED) is 0.780. The maximum Gasteiger partial charge on any atom is 0.254 e. The molecule has 0 radical (unpaired) electrons. The summed E-state index contributed by atoms with van der Waals surface area (Å²) < 4.78 is 0. The SMILES string of the molecule is CCC1CNNC1C1CCCN(C(=O)c2ccccc2-c2ncn[nH]2)C1. The molecule has 138 valence electrons. The number of likely N-dealkylation sites (tertiary alicyclic amines) is 1. The fourth-order valence-corrected chi connectivity index (χ4v) is 4.32. The Morgan fingerprint density at radius 1 is 1.35 bits per heavy atom. The van der Waals surface area contributed by atoms with Crippen LogP contribution in [0, 0.1) is 11.8 Å². The van der Waals surface area contributed by atoms with Crippen LogP contribution in [0.2, 0.25) is 0 Å². The number of H-pyrrole nitrogens is 1. The summed E-state index contributed by atoms with van der Waals surface area (Å²) in [5, 5.41) is 6.79. The van der Waals surface area contributed by atoms with Gasteiger partial charge in [-0.1, -0.05) is 31.5 Å². The summed E-state index contributed by atoms with van der Waals surface area (Å²) in [4.78, 5) is 19.5. The van der Waals surface area contributed by atoms with Crippen LogP contribution in [0.4, 0.5) is 0 Å². The fourth-order valence-electron chi connectivity index (χ4n) is 4.32. The van der Waals surface area contributed by atoms with Crippen molar-refractivity contribution in [2.45, 2.75) is 32.2 Å². The van der Waals surface area contributed by atoms with E-state index < -0.39 is 0 Å². The Bertz CT molecular complexity index is 746. The van der Waals surface area contributed by atoms with Gasteiger partial charge in [0, 0.05) is 31.2 Å². The summed E-state index contributed by atoms with van der Waals surface area (Å²) in [7, 11) is 0. The molecule has 0 aliphatic carbocycles. The molecule has 3 N–H and O–H groups in total. The Morgan fingerprint density at radius 3 is 3.04 bits per heavy atom. The van der Waals surface area contributed by atoms with Crippen LogP contribution in [0.1, 0.15) is 36.5 Å². The summed E-state index contributed by atoms with van der Waals surface area (Å²) in [6.07, 6.45) is 4.85. The highest BCUT2D eigenvalue weighted by atomic mass is 16.2. The molecule has 2 saturated heterocycles. The van der Waals surface area contributed by atoms with E-state index in [1.807, 2.05) is 29.2 Å². The van der Waals surface area contributed by atoms with Crippen molar-refractivity contribution >= 4 is 5.91 Å². The van der Waals surface area contributed by atoms with Gasteiger partial charge >= 0.3 is 0 Å². The van der Waals surface area contributed by atoms with E-state index in [-0.39, 0.29) is 5.91 Å². The Hall–Kier alpha value is -2.25. The summed E-state index contributed by atoms with van der Waals surface area (Å²) in [5.41, 5.74) is 8.25. The first kappa shape index (κ1) is 17.2. The van der Waals surface area contributed by atoms with Gasteiger partial charge in [0.15, 0.2) is 5.82 Å². The number of hydrogen-bond acceptors (Lipinski definition) is 5. The van der Waals surface area contributed by atoms with Crippen LogP contribution < -0.4 is 10.9 Å². The van der Waals surface area contributed by atoms with Crippen LogP contribution in [0.15, 0.2) is 30.6 Å². The zero-order chi connectivity index (χ0) is 17.9. The number of hydrazine groups is 1. The third-order valence-electron chi connectivity index (χ3n) is 5.75. The van der Waals surface area contributed by atoms with E-state index in [4.69, 9.17) is 0 Å². The molecular weight excluding hydrogens is 328 g/mol. The van der Waals surface area contributed by atoms with Crippen molar-refractivity contribution in [3.05, 3.63) is 36.2 Å². The van der Waals surface area contributed by atoms with Crippen LogP contribution in [-0.2, 0) is 0 Å². The Morgan fingerprint density at radius 2 is 2.23 bits per heavy atom. The number of aromatic amines is 1. The molecule has 3 heterocycles. The minimum Gasteiger partial charge on any atom is -0.338 e. The number of carbonyl (C=O) groups is 1. The predicted octanol–water partition coefficient (Wildman–Crippen LogP) is 1.83. The molecule has 1 amide bonds.